The molecule has 2 N–H and O–H groups in total. The Kier molecular flexibility index (Phi) is 3.80. The van der Waals surface area contributed by atoms with Crippen LogP contribution in [0, 0.1) is 0 Å². The molecule has 0 aromatic heterocycles. The maximum Gasteiger partial charge on any atom is 0.339 e. The lowest BCUT2D eigenvalue weighted by Gasteiger charge is -2.24. The molecule has 0 radical (unpaired) electrons. The van der Waals surface area contributed by atoms with Crippen LogP contribution >= 0.6 is 0 Å². The minimum atomic E-state index is -1.26. The second kappa shape index (κ2) is 5.40. The fourth-order valence-corrected chi connectivity index (χ4v) is 2.20. The Morgan fingerprint density at radius 2 is 1.62 bits per heavy atom. The van der Waals surface area contributed by atoms with E-state index in [1.807, 2.05) is 30.3 Å². The Hall–Kier alpha value is -2.62. The van der Waals surface area contributed by atoms with Gasteiger partial charge in [0.1, 0.15) is 11.3 Å². The summed E-state index contributed by atoms with van der Waals surface area (Å²) in [6, 6.07) is 13.2. The lowest BCUT2D eigenvalue weighted by atomic mass is 9.78. The van der Waals surface area contributed by atoms with Gasteiger partial charge in [-0.05, 0) is 37.6 Å². The number of aromatic hydroxyl groups is 1. The van der Waals surface area contributed by atoms with Gasteiger partial charge in [0.15, 0.2) is 5.78 Å². The number of ketones is 1. The largest absolute Gasteiger partial charge is 0.507 e. The molecule has 108 valence electrons. The third kappa shape index (κ3) is 2.79. The molecule has 0 unspecified atom stereocenters. The summed E-state index contributed by atoms with van der Waals surface area (Å²) >= 11 is 0. The van der Waals surface area contributed by atoms with Gasteiger partial charge in [0, 0.05) is 5.56 Å². The highest BCUT2D eigenvalue weighted by atomic mass is 16.4. The van der Waals surface area contributed by atoms with E-state index >= 15 is 0 Å². The Bertz CT molecular complexity index is 687. The molecular formula is C17H16O4. The van der Waals surface area contributed by atoms with Gasteiger partial charge in [-0.1, -0.05) is 30.3 Å². The summed E-state index contributed by atoms with van der Waals surface area (Å²) in [4.78, 5) is 23.7. The Morgan fingerprint density at radius 1 is 1.00 bits per heavy atom. The molecule has 21 heavy (non-hydrogen) atoms. The molecule has 0 aliphatic heterocycles. The molecular weight excluding hydrogens is 268 g/mol. The van der Waals surface area contributed by atoms with Crippen LogP contribution in [-0.2, 0) is 5.41 Å². The maximum atomic E-state index is 12.7. The number of hydrogen-bond donors (Lipinski definition) is 2. The van der Waals surface area contributed by atoms with Crippen molar-refractivity contribution in [2.24, 2.45) is 0 Å². The molecule has 0 spiro atoms. The van der Waals surface area contributed by atoms with E-state index in [1.165, 1.54) is 18.2 Å². The zero-order valence-electron chi connectivity index (χ0n) is 11.8. The Morgan fingerprint density at radius 3 is 2.19 bits per heavy atom. The van der Waals surface area contributed by atoms with Crippen LogP contribution in [0.4, 0.5) is 0 Å². The number of carbonyl (C=O) groups is 2. The predicted molar refractivity (Wildman–Crippen MR) is 78.9 cm³/mol. The molecule has 2 aromatic rings. The molecule has 0 fully saturated rings. The second-order valence-corrected chi connectivity index (χ2v) is 5.36. The number of carbonyl (C=O) groups excluding carboxylic acids is 1. The highest BCUT2D eigenvalue weighted by molar-refractivity contribution is 6.05. The number of Topliss-reactive ketones (excluding diaryl/α,β-unsaturated/α-hetero) is 1. The van der Waals surface area contributed by atoms with E-state index in [4.69, 9.17) is 5.11 Å². The van der Waals surface area contributed by atoms with Crippen molar-refractivity contribution in [3.05, 3.63) is 65.2 Å². The molecule has 0 bridgehead atoms. The lowest BCUT2D eigenvalue weighted by Crippen LogP contribution is -2.29. The summed E-state index contributed by atoms with van der Waals surface area (Å²) < 4.78 is 0. The van der Waals surface area contributed by atoms with Crippen molar-refractivity contribution in [3.8, 4) is 5.75 Å². The summed E-state index contributed by atoms with van der Waals surface area (Å²) in [5.41, 5.74) is 0.0530. The number of rotatable bonds is 4. The first-order chi connectivity index (χ1) is 9.84. The average molecular weight is 284 g/mol. The van der Waals surface area contributed by atoms with E-state index in [9.17, 15) is 14.7 Å². The van der Waals surface area contributed by atoms with E-state index in [0.29, 0.717) is 0 Å². The topological polar surface area (TPSA) is 74.6 Å². The summed E-state index contributed by atoms with van der Waals surface area (Å²) in [6.45, 7) is 3.58. The number of benzene rings is 2. The first-order valence-corrected chi connectivity index (χ1v) is 6.50. The van der Waals surface area contributed by atoms with Crippen molar-refractivity contribution < 1.29 is 19.8 Å². The molecule has 2 rings (SSSR count). The van der Waals surface area contributed by atoms with Crippen LogP contribution in [0.1, 0.15) is 40.1 Å². The highest BCUT2D eigenvalue weighted by Gasteiger charge is 2.31. The molecule has 0 saturated carbocycles. The zero-order chi connectivity index (χ0) is 15.6. The van der Waals surface area contributed by atoms with Crippen molar-refractivity contribution in [2.75, 3.05) is 0 Å². The Balaban J connectivity index is 2.45. The number of hydrogen-bond acceptors (Lipinski definition) is 3. The fraction of sp³-hybridized carbons (Fsp3) is 0.176. The SMILES string of the molecule is CC(C)(C(=O)c1ccc(O)c(C(=O)O)c1)c1ccccc1. The second-order valence-electron chi connectivity index (χ2n) is 5.36. The van der Waals surface area contributed by atoms with Crippen LogP contribution in [0.2, 0.25) is 0 Å². The van der Waals surface area contributed by atoms with Gasteiger partial charge in [-0.3, -0.25) is 4.79 Å². The van der Waals surface area contributed by atoms with Crippen LogP contribution in [-0.4, -0.2) is 22.0 Å². The first-order valence-electron chi connectivity index (χ1n) is 6.50. The third-order valence-corrected chi connectivity index (χ3v) is 3.55. The van der Waals surface area contributed by atoms with Crippen LogP contribution < -0.4 is 0 Å². The van der Waals surface area contributed by atoms with Gasteiger partial charge < -0.3 is 10.2 Å². The van der Waals surface area contributed by atoms with Crippen molar-refractivity contribution in [3.63, 3.8) is 0 Å². The molecule has 2 aromatic carbocycles. The zero-order valence-corrected chi connectivity index (χ0v) is 11.8. The van der Waals surface area contributed by atoms with Gasteiger partial charge in [0.2, 0.25) is 0 Å². The van der Waals surface area contributed by atoms with E-state index in [2.05, 4.69) is 0 Å². The molecule has 0 heterocycles. The minimum Gasteiger partial charge on any atom is -0.507 e. The molecule has 0 aliphatic carbocycles. The van der Waals surface area contributed by atoms with Crippen LogP contribution in [0.5, 0.6) is 5.75 Å². The predicted octanol–water partition coefficient (Wildman–Crippen LogP) is 3.25. The van der Waals surface area contributed by atoms with Crippen LogP contribution in [0.15, 0.2) is 48.5 Å². The number of phenols is 1. The summed E-state index contributed by atoms with van der Waals surface area (Å²) in [5, 5.41) is 18.5. The van der Waals surface area contributed by atoms with Gasteiger partial charge in [-0.2, -0.15) is 0 Å². The summed E-state index contributed by atoms with van der Waals surface area (Å²) in [7, 11) is 0. The van der Waals surface area contributed by atoms with E-state index in [-0.39, 0.29) is 22.7 Å². The Labute approximate surface area is 122 Å². The number of carboxylic acid groups (broad SMARTS) is 1. The normalized spacial score (nSPS) is 11.1. The fourth-order valence-electron chi connectivity index (χ4n) is 2.20. The summed E-state index contributed by atoms with van der Waals surface area (Å²) in [6.07, 6.45) is 0. The molecule has 4 nitrogen and oxygen atoms in total. The van der Waals surface area contributed by atoms with Crippen molar-refractivity contribution in [1.82, 2.24) is 0 Å². The molecule has 4 heteroatoms. The number of aromatic carboxylic acids is 1. The van der Waals surface area contributed by atoms with Gasteiger partial charge in [0.25, 0.3) is 0 Å². The molecule has 0 atom stereocenters. The highest BCUT2D eigenvalue weighted by Crippen LogP contribution is 2.29. The third-order valence-electron chi connectivity index (χ3n) is 3.55. The van der Waals surface area contributed by atoms with Crippen LogP contribution in [0.25, 0.3) is 0 Å². The summed E-state index contributed by atoms with van der Waals surface area (Å²) in [5.74, 6) is -1.81. The standard InChI is InChI=1S/C17H16O4/c1-17(2,12-6-4-3-5-7-12)15(19)11-8-9-14(18)13(10-11)16(20)21/h3-10,18H,1-2H3,(H,20,21). The molecule has 0 amide bonds. The van der Waals surface area contributed by atoms with Gasteiger partial charge in [0.05, 0.1) is 5.41 Å². The van der Waals surface area contributed by atoms with E-state index in [0.717, 1.165) is 5.56 Å². The van der Waals surface area contributed by atoms with Crippen molar-refractivity contribution >= 4 is 11.8 Å². The van der Waals surface area contributed by atoms with E-state index < -0.39 is 11.4 Å². The lowest BCUT2D eigenvalue weighted by molar-refractivity contribution is 0.0693. The minimum absolute atomic E-state index is 0.198. The van der Waals surface area contributed by atoms with E-state index in [1.54, 1.807) is 13.8 Å². The molecule has 0 saturated heterocycles. The smallest absolute Gasteiger partial charge is 0.339 e. The number of carboxylic acids is 1. The van der Waals surface area contributed by atoms with Crippen molar-refractivity contribution in [1.29, 1.82) is 0 Å². The van der Waals surface area contributed by atoms with Gasteiger partial charge in [-0.15, -0.1) is 0 Å². The average Bonchev–Trinajstić information content (AvgIpc) is 2.47. The molecule has 0 aliphatic rings. The monoisotopic (exact) mass is 284 g/mol. The quantitative estimate of drug-likeness (QED) is 0.845. The van der Waals surface area contributed by atoms with Crippen LogP contribution in [0.3, 0.4) is 0 Å². The van der Waals surface area contributed by atoms with Gasteiger partial charge in [-0.25, -0.2) is 4.79 Å². The van der Waals surface area contributed by atoms with Gasteiger partial charge >= 0.3 is 5.97 Å². The maximum absolute atomic E-state index is 12.7. The first kappa shape index (κ1) is 14.8. The van der Waals surface area contributed by atoms with Crippen molar-refractivity contribution in [2.45, 2.75) is 19.3 Å².